The summed E-state index contributed by atoms with van der Waals surface area (Å²) in [5.74, 6) is 2.21. The summed E-state index contributed by atoms with van der Waals surface area (Å²) >= 11 is 0. The van der Waals surface area contributed by atoms with Gasteiger partial charge < -0.3 is 5.11 Å². The largest absolute Gasteiger partial charge is 0.393 e. The van der Waals surface area contributed by atoms with E-state index in [-0.39, 0.29) is 11.5 Å². The van der Waals surface area contributed by atoms with Crippen molar-refractivity contribution in [3.63, 3.8) is 0 Å². The van der Waals surface area contributed by atoms with Gasteiger partial charge in [-0.1, -0.05) is 51.1 Å². The quantitative estimate of drug-likeness (QED) is 0.656. The monoisotopic (exact) mass is 418 g/mol. The van der Waals surface area contributed by atoms with Crippen LogP contribution >= 0.6 is 0 Å². The lowest BCUT2D eigenvalue weighted by molar-refractivity contribution is -0.163. The van der Waals surface area contributed by atoms with E-state index in [0.717, 1.165) is 31.1 Å². The van der Waals surface area contributed by atoms with Crippen LogP contribution in [-0.4, -0.2) is 21.4 Å². The van der Waals surface area contributed by atoms with E-state index in [4.69, 9.17) is 5.10 Å². The van der Waals surface area contributed by atoms with Crippen molar-refractivity contribution in [2.24, 2.45) is 34.0 Å². The first-order valence-corrected chi connectivity index (χ1v) is 12.6. The van der Waals surface area contributed by atoms with Crippen molar-refractivity contribution in [1.29, 1.82) is 0 Å². The van der Waals surface area contributed by atoms with Crippen molar-refractivity contribution in [2.45, 2.75) is 84.7 Å². The average Bonchev–Trinajstić information content (AvgIpc) is 3.27. The fourth-order valence-corrected chi connectivity index (χ4v) is 9.20. The van der Waals surface area contributed by atoms with Gasteiger partial charge in [0.25, 0.3) is 0 Å². The van der Waals surface area contributed by atoms with Crippen LogP contribution in [0.25, 0.3) is 0 Å². The van der Waals surface area contributed by atoms with E-state index in [1.165, 1.54) is 61.0 Å². The first kappa shape index (κ1) is 20.0. The molecule has 7 unspecified atom stereocenters. The second-order valence-electron chi connectivity index (χ2n) is 12.2. The maximum Gasteiger partial charge on any atom is 0.0700 e. The standard InChI is InChI=1S/C28H38N2O/c1-26-13-11-19-16-20-21(15-18-7-5-4-6-8-18)29-30-22(20)17-28(19,3)24(26)12-14-27(2)23(26)9-10-25(27)31/h4-8,19,23-25,31H,9-17H2,1-3H3,(H,29,30). The molecule has 1 heterocycles. The Morgan fingerprint density at radius 2 is 1.68 bits per heavy atom. The van der Waals surface area contributed by atoms with Crippen molar-refractivity contribution in [3.8, 4) is 0 Å². The van der Waals surface area contributed by atoms with Crippen LogP contribution in [0.3, 0.4) is 0 Å². The van der Waals surface area contributed by atoms with Gasteiger partial charge in [-0.2, -0.15) is 5.10 Å². The van der Waals surface area contributed by atoms with Crippen LogP contribution in [0.2, 0.25) is 0 Å². The van der Waals surface area contributed by atoms with Crippen LogP contribution < -0.4 is 0 Å². The van der Waals surface area contributed by atoms with Crippen molar-refractivity contribution in [1.82, 2.24) is 10.2 Å². The van der Waals surface area contributed by atoms with Crippen LogP contribution in [-0.2, 0) is 19.3 Å². The Morgan fingerprint density at radius 3 is 2.48 bits per heavy atom. The van der Waals surface area contributed by atoms with Crippen LogP contribution in [0.1, 0.15) is 81.8 Å². The number of aromatic amines is 1. The number of benzene rings is 1. The molecular weight excluding hydrogens is 380 g/mol. The highest BCUT2D eigenvalue weighted by atomic mass is 16.3. The zero-order valence-electron chi connectivity index (χ0n) is 19.5. The fraction of sp³-hybridized carbons (Fsp3) is 0.679. The van der Waals surface area contributed by atoms with Crippen molar-refractivity contribution < 1.29 is 5.11 Å². The predicted molar refractivity (Wildman–Crippen MR) is 124 cm³/mol. The summed E-state index contributed by atoms with van der Waals surface area (Å²) in [5.41, 5.74) is 6.43. The Bertz CT molecular complexity index is 982. The normalized spacial score (nSPS) is 43.6. The highest BCUT2D eigenvalue weighted by Crippen LogP contribution is 2.70. The third-order valence-corrected chi connectivity index (χ3v) is 10.9. The minimum absolute atomic E-state index is 0.0908. The van der Waals surface area contributed by atoms with Crippen LogP contribution in [0.4, 0.5) is 0 Å². The minimum Gasteiger partial charge on any atom is -0.393 e. The molecule has 1 aromatic carbocycles. The topological polar surface area (TPSA) is 48.9 Å². The molecule has 3 heteroatoms. The van der Waals surface area contributed by atoms with Gasteiger partial charge in [-0.25, -0.2) is 0 Å². The Kier molecular flexibility index (Phi) is 4.33. The van der Waals surface area contributed by atoms with Crippen LogP contribution in [0, 0.1) is 34.0 Å². The number of hydrogen-bond acceptors (Lipinski definition) is 2. The molecule has 3 fully saturated rings. The summed E-state index contributed by atoms with van der Waals surface area (Å²) in [6.07, 6.45) is 10.6. The zero-order valence-corrected chi connectivity index (χ0v) is 19.5. The zero-order chi connectivity index (χ0) is 21.4. The lowest BCUT2D eigenvalue weighted by Gasteiger charge is -2.65. The number of nitrogens with one attached hydrogen (secondary N) is 1. The number of aliphatic hydroxyl groups excluding tert-OH is 1. The molecule has 4 aliphatic carbocycles. The number of hydrogen-bond donors (Lipinski definition) is 2. The molecule has 3 nitrogen and oxygen atoms in total. The highest BCUT2D eigenvalue weighted by Gasteiger charge is 2.65. The molecule has 0 radical (unpaired) electrons. The highest BCUT2D eigenvalue weighted by molar-refractivity contribution is 5.35. The molecule has 0 spiro atoms. The lowest BCUT2D eigenvalue weighted by atomic mass is 9.40. The second-order valence-corrected chi connectivity index (χ2v) is 12.2. The summed E-state index contributed by atoms with van der Waals surface area (Å²) in [5, 5.41) is 19.1. The average molecular weight is 419 g/mol. The summed E-state index contributed by atoms with van der Waals surface area (Å²) in [6, 6.07) is 10.8. The van der Waals surface area contributed by atoms with E-state index in [0.29, 0.717) is 16.7 Å². The van der Waals surface area contributed by atoms with Crippen molar-refractivity contribution in [3.05, 3.63) is 52.8 Å². The molecule has 2 aromatic rings. The lowest BCUT2D eigenvalue weighted by Crippen LogP contribution is -2.59. The van der Waals surface area contributed by atoms with Gasteiger partial charge in [0.2, 0.25) is 0 Å². The number of nitrogens with zero attached hydrogens (tertiary/aromatic N) is 1. The van der Waals surface area contributed by atoms with E-state index in [2.05, 4.69) is 56.2 Å². The fourth-order valence-electron chi connectivity index (χ4n) is 9.20. The van der Waals surface area contributed by atoms with Crippen LogP contribution in [0.5, 0.6) is 0 Å². The first-order chi connectivity index (χ1) is 14.8. The molecule has 6 rings (SSSR count). The second kappa shape index (κ2) is 6.70. The molecule has 3 saturated carbocycles. The Labute approximate surface area is 187 Å². The SMILES string of the molecule is CC12CCC3C4(C)Cc5[nH]nc(Cc6ccccc6)c5CC4CCC3(C)C1CCC2O. The number of aromatic nitrogens is 2. The molecular formula is C28H38N2O. The van der Waals surface area contributed by atoms with Crippen molar-refractivity contribution in [2.75, 3.05) is 0 Å². The van der Waals surface area contributed by atoms with Gasteiger partial charge in [0.05, 0.1) is 11.8 Å². The van der Waals surface area contributed by atoms with Gasteiger partial charge in [0.1, 0.15) is 0 Å². The summed E-state index contributed by atoms with van der Waals surface area (Å²) in [7, 11) is 0. The van der Waals surface area contributed by atoms with E-state index in [1.54, 1.807) is 0 Å². The van der Waals surface area contributed by atoms with Gasteiger partial charge >= 0.3 is 0 Å². The maximum atomic E-state index is 10.8. The smallest absolute Gasteiger partial charge is 0.0700 e. The van der Waals surface area contributed by atoms with Gasteiger partial charge in [-0.05, 0) is 96.5 Å². The summed E-state index contributed by atoms with van der Waals surface area (Å²) in [6.45, 7) is 7.60. The molecule has 1 aromatic heterocycles. The third-order valence-electron chi connectivity index (χ3n) is 10.9. The Hall–Kier alpha value is -1.61. The van der Waals surface area contributed by atoms with E-state index < -0.39 is 0 Å². The number of H-pyrrole nitrogens is 1. The van der Waals surface area contributed by atoms with Gasteiger partial charge in [0.15, 0.2) is 0 Å². The Balaban J connectivity index is 1.32. The molecule has 0 bridgehead atoms. The summed E-state index contributed by atoms with van der Waals surface area (Å²) in [4.78, 5) is 0. The van der Waals surface area contributed by atoms with Gasteiger partial charge in [0, 0.05) is 12.1 Å². The predicted octanol–water partition coefficient (Wildman–Crippen LogP) is 5.71. The van der Waals surface area contributed by atoms with E-state index in [1.807, 2.05) is 0 Å². The molecule has 4 aliphatic rings. The van der Waals surface area contributed by atoms with Crippen molar-refractivity contribution >= 4 is 0 Å². The van der Waals surface area contributed by atoms with Crippen LogP contribution in [0.15, 0.2) is 30.3 Å². The van der Waals surface area contributed by atoms with E-state index >= 15 is 0 Å². The molecule has 31 heavy (non-hydrogen) atoms. The first-order valence-electron chi connectivity index (χ1n) is 12.6. The van der Waals surface area contributed by atoms with Gasteiger partial charge in [-0.15, -0.1) is 0 Å². The third kappa shape index (κ3) is 2.71. The molecule has 7 atom stereocenters. The molecule has 166 valence electrons. The number of fused-ring (bicyclic) bond motifs is 6. The number of rotatable bonds is 2. The molecule has 0 aliphatic heterocycles. The minimum atomic E-state index is -0.0908. The molecule has 0 saturated heterocycles. The molecule has 2 N–H and O–H groups in total. The Morgan fingerprint density at radius 1 is 0.935 bits per heavy atom. The summed E-state index contributed by atoms with van der Waals surface area (Å²) < 4.78 is 0. The van der Waals surface area contributed by atoms with Gasteiger partial charge in [-0.3, -0.25) is 5.10 Å². The maximum absolute atomic E-state index is 10.8. The molecule has 0 amide bonds. The van der Waals surface area contributed by atoms with E-state index in [9.17, 15) is 5.11 Å². The number of aliphatic hydroxyl groups is 1.